The van der Waals surface area contributed by atoms with E-state index in [2.05, 4.69) is 9.71 Å². The summed E-state index contributed by atoms with van der Waals surface area (Å²) < 4.78 is 44.9. The molecule has 2 rings (SSSR count). The van der Waals surface area contributed by atoms with Gasteiger partial charge in [0.1, 0.15) is 0 Å². The lowest BCUT2D eigenvalue weighted by atomic mass is 10.0. The zero-order valence-electron chi connectivity index (χ0n) is 10.0. The van der Waals surface area contributed by atoms with E-state index < -0.39 is 26.5 Å². The van der Waals surface area contributed by atoms with Crippen molar-refractivity contribution in [1.29, 1.82) is 0 Å². The first-order valence-electron chi connectivity index (χ1n) is 5.67. The molecule has 0 bridgehead atoms. The summed E-state index contributed by atoms with van der Waals surface area (Å²) in [4.78, 5) is 3.55. The van der Waals surface area contributed by atoms with Gasteiger partial charge in [-0.2, -0.15) is 0 Å². The SMILES string of the molecule is CC1(CNS(=O)(=O)c2ncccc2F)CCCO1. The van der Waals surface area contributed by atoms with Crippen LogP contribution in [0.4, 0.5) is 4.39 Å². The van der Waals surface area contributed by atoms with Crippen LogP contribution in [0.1, 0.15) is 19.8 Å². The molecule has 0 spiro atoms. The van der Waals surface area contributed by atoms with Crippen molar-refractivity contribution >= 4 is 10.0 Å². The Morgan fingerprint density at radius 2 is 2.39 bits per heavy atom. The molecular weight excluding hydrogens is 259 g/mol. The van der Waals surface area contributed by atoms with Gasteiger partial charge in [-0.3, -0.25) is 0 Å². The number of ether oxygens (including phenoxy) is 1. The highest BCUT2D eigenvalue weighted by Gasteiger charge is 2.32. The lowest BCUT2D eigenvalue weighted by Gasteiger charge is -2.23. The Labute approximate surface area is 105 Å². The van der Waals surface area contributed by atoms with Gasteiger partial charge < -0.3 is 4.74 Å². The lowest BCUT2D eigenvalue weighted by molar-refractivity contribution is 0.0250. The number of pyridine rings is 1. The van der Waals surface area contributed by atoms with Crippen LogP contribution in [0.15, 0.2) is 23.4 Å². The number of hydrogen-bond acceptors (Lipinski definition) is 4. The monoisotopic (exact) mass is 274 g/mol. The Morgan fingerprint density at radius 3 is 3.00 bits per heavy atom. The van der Waals surface area contributed by atoms with E-state index in [0.29, 0.717) is 6.61 Å². The molecule has 0 aromatic carbocycles. The van der Waals surface area contributed by atoms with Gasteiger partial charge in [-0.25, -0.2) is 22.5 Å². The van der Waals surface area contributed by atoms with Gasteiger partial charge in [0.05, 0.1) is 5.60 Å². The maximum atomic E-state index is 13.4. The highest BCUT2D eigenvalue weighted by atomic mass is 32.2. The van der Waals surface area contributed by atoms with E-state index in [1.165, 1.54) is 12.3 Å². The van der Waals surface area contributed by atoms with Gasteiger partial charge in [0.15, 0.2) is 5.82 Å². The highest BCUT2D eigenvalue weighted by Crippen LogP contribution is 2.24. The molecule has 1 aromatic heterocycles. The van der Waals surface area contributed by atoms with E-state index >= 15 is 0 Å². The first-order chi connectivity index (χ1) is 8.43. The fraction of sp³-hybridized carbons (Fsp3) is 0.545. The molecule has 7 heteroatoms. The number of halogens is 1. The molecular formula is C11H15FN2O3S. The summed E-state index contributed by atoms with van der Waals surface area (Å²) in [5.41, 5.74) is -0.516. The second-order valence-corrected chi connectivity index (χ2v) is 6.20. The topological polar surface area (TPSA) is 68.3 Å². The Hall–Kier alpha value is -1.05. The maximum absolute atomic E-state index is 13.4. The maximum Gasteiger partial charge on any atom is 0.261 e. The third-order valence-corrected chi connectivity index (χ3v) is 4.25. The van der Waals surface area contributed by atoms with Gasteiger partial charge in [-0.15, -0.1) is 0 Å². The molecule has 18 heavy (non-hydrogen) atoms. The molecule has 1 saturated heterocycles. The van der Waals surface area contributed by atoms with Gasteiger partial charge in [-0.05, 0) is 31.9 Å². The molecule has 1 aliphatic heterocycles. The molecule has 1 atom stereocenters. The van der Waals surface area contributed by atoms with Crippen LogP contribution in [0.25, 0.3) is 0 Å². The molecule has 1 fully saturated rings. The minimum Gasteiger partial charge on any atom is -0.374 e. The number of sulfonamides is 1. The summed E-state index contributed by atoms with van der Waals surface area (Å²) in [6, 6.07) is 2.41. The van der Waals surface area contributed by atoms with Crippen LogP contribution in [0.5, 0.6) is 0 Å². The van der Waals surface area contributed by atoms with Crippen molar-refractivity contribution < 1.29 is 17.5 Å². The predicted octanol–water partition coefficient (Wildman–Crippen LogP) is 1.07. The van der Waals surface area contributed by atoms with E-state index in [0.717, 1.165) is 18.9 Å². The summed E-state index contributed by atoms with van der Waals surface area (Å²) in [5, 5.41) is -0.577. The Balaban J connectivity index is 2.11. The van der Waals surface area contributed by atoms with E-state index in [9.17, 15) is 12.8 Å². The molecule has 1 aromatic rings. The fourth-order valence-electron chi connectivity index (χ4n) is 1.86. The second-order valence-electron chi connectivity index (χ2n) is 4.52. The van der Waals surface area contributed by atoms with Crippen molar-refractivity contribution in [1.82, 2.24) is 9.71 Å². The van der Waals surface area contributed by atoms with E-state index in [4.69, 9.17) is 4.74 Å². The normalized spacial score (nSPS) is 24.3. The van der Waals surface area contributed by atoms with Gasteiger partial charge in [0, 0.05) is 19.3 Å². The summed E-state index contributed by atoms with van der Waals surface area (Å²) in [5.74, 6) is -0.859. The minimum atomic E-state index is -3.93. The number of nitrogens with zero attached hydrogens (tertiary/aromatic N) is 1. The molecule has 0 aliphatic carbocycles. The minimum absolute atomic E-state index is 0.116. The van der Waals surface area contributed by atoms with Crippen LogP contribution in [0.3, 0.4) is 0 Å². The number of rotatable bonds is 4. The van der Waals surface area contributed by atoms with Gasteiger partial charge >= 0.3 is 0 Å². The van der Waals surface area contributed by atoms with Crippen molar-refractivity contribution in [2.45, 2.75) is 30.4 Å². The zero-order chi connectivity index (χ0) is 13.2. The highest BCUT2D eigenvalue weighted by molar-refractivity contribution is 7.89. The van der Waals surface area contributed by atoms with Crippen molar-refractivity contribution in [3.05, 3.63) is 24.1 Å². The largest absolute Gasteiger partial charge is 0.374 e. The molecule has 1 N–H and O–H groups in total. The first kappa shape index (κ1) is 13.4. The van der Waals surface area contributed by atoms with Crippen LogP contribution in [-0.2, 0) is 14.8 Å². The molecule has 0 saturated carbocycles. The quantitative estimate of drug-likeness (QED) is 0.891. The lowest BCUT2D eigenvalue weighted by Crippen LogP contribution is -2.40. The van der Waals surface area contributed by atoms with Crippen molar-refractivity contribution in [2.24, 2.45) is 0 Å². The third-order valence-electron chi connectivity index (χ3n) is 2.92. The molecule has 0 amide bonds. The Bertz CT molecular complexity index is 527. The molecule has 5 nitrogen and oxygen atoms in total. The van der Waals surface area contributed by atoms with Crippen LogP contribution in [-0.4, -0.2) is 32.2 Å². The molecule has 1 aliphatic rings. The van der Waals surface area contributed by atoms with Gasteiger partial charge in [0.2, 0.25) is 5.03 Å². The van der Waals surface area contributed by atoms with Crippen molar-refractivity contribution in [3.63, 3.8) is 0 Å². The Morgan fingerprint density at radius 1 is 1.61 bits per heavy atom. The average molecular weight is 274 g/mol. The summed E-state index contributed by atoms with van der Waals surface area (Å²) in [7, 11) is -3.93. The first-order valence-corrected chi connectivity index (χ1v) is 7.15. The Kier molecular flexibility index (Phi) is 3.65. The third kappa shape index (κ3) is 2.85. The van der Waals surface area contributed by atoms with E-state index in [1.807, 2.05) is 6.92 Å². The van der Waals surface area contributed by atoms with Gasteiger partial charge in [-0.1, -0.05) is 0 Å². The number of hydrogen-bond donors (Lipinski definition) is 1. The molecule has 2 heterocycles. The van der Waals surface area contributed by atoms with Crippen molar-refractivity contribution in [3.8, 4) is 0 Å². The predicted molar refractivity (Wildman–Crippen MR) is 63.0 cm³/mol. The van der Waals surface area contributed by atoms with Crippen LogP contribution in [0.2, 0.25) is 0 Å². The standard InChI is InChI=1S/C11H15FN2O3S/c1-11(5-3-7-17-11)8-14-18(15,16)10-9(12)4-2-6-13-10/h2,4,6,14H,3,5,7-8H2,1H3. The van der Waals surface area contributed by atoms with Gasteiger partial charge in [0.25, 0.3) is 10.0 Å². The fourth-order valence-corrected chi connectivity index (χ4v) is 3.02. The number of nitrogens with one attached hydrogen (secondary N) is 1. The van der Waals surface area contributed by atoms with Crippen LogP contribution < -0.4 is 4.72 Å². The zero-order valence-corrected chi connectivity index (χ0v) is 10.8. The van der Waals surface area contributed by atoms with E-state index in [1.54, 1.807) is 0 Å². The average Bonchev–Trinajstić information content (AvgIpc) is 2.75. The number of aromatic nitrogens is 1. The molecule has 0 radical (unpaired) electrons. The smallest absolute Gasteiger partial charge is 0.261 e. The van der Waals surface area contributed by atoms with Crippen LogP contribution in [0, 0.1) is 5.82 Å². The second kappa shape index (κ2) is 4.91. The van der Waals surface area contributed by atoms with E-state index in [-0.39, 0.29) is 6.54 Å². The molecule has 100 valence electrons. The van der Waals surface area contributed by atoms with Crippen molar-refractivity contribution in [2.75, 3.05) is 13.2 Å². The summed E-state index contributed by atoms with van der Waals surface area (Å²) >= 11 is 0. The van der Waals surface area contributed by atoms with Crippen LogP contribution >= 0.6 is 0 Å². The molecule has 1 unspecified atom stereocenters. The summed E-state index contributed by atoms with van der Waals surface area (Å²) in [6.07, 6.45) is 2.92. The summed E-state index contributed by atoms with van der Waals surface area (Å²) in [6.45, 7) is 2.57.